The molecule has 0 unspecified atom stereocenters. The lowest BCUT2D eigenvalue weighted by Gasteiger charge is -2.19. The molecular weight excluding hydrogens is 654 g/mol. The summed E-state index contributed by atoms with van der Waals surface area (Å²) in [6.07, 6.45) is 5.00. The van der Waals surface area contributed by atoms with Crippen molar-refractivity contribution >= 4 is 103 Å². The molecule has 3 heterocycles. The van der Waals surface area contributed by atoms with E-state index in [2.05, 4.69) is 15.3 Å². The van der Waals surface area contributed by atoms with Crippen LogP contribution in [0.5, 0.6) is 0 Å². The van der Waals surface area contributed by atoms with Crippen LogP contribution in [0, 0.1) is 22.0 Å². The lowest BCUT2D eigenvalue weighted by molar-refractivity contribution is -0.387. The van der Waals surface area contributed by atoms with Crippen LogP contribution >= 0.6 is 46.5 Å². The number of halogens is 1. The highest BCUT2D eigenvalue weighted by atomic mass is 35.5. The first-order valence-electron chi connectivity index (χ1n) is 14.0. The van der Waals surface area contributed by atoms with Gasteiger partial charge < -0.3 is 5.32 Å². The molecule has 10 nitrogen and oxygen atoms in total. The lowest BCUT2D eigenvalue weighted by Crippen LogP contribution is -2.30. The van der Waals surface area contributed by atoms with Gasteiger partial charge in [-0.05, 0) is 84.8 Å². The van der Waals surface area contributed by atoms with Gasteiger partial charge in [-0.15, -0.1) is 11.3 Å². The number of aromatic nitrogens is 1. The van der Waals surface area contributed by atoms with E-state index in [1.165, 1.54) is 22.3 Å². The molecule has 0 bridgehead atoms. The predicted molar refractivity (Wildman–Crippen MR) is 177 cm³/mol. The molecule has 3 fully saturated rings. The van der Waals surface area contributed by atoms with Crippen molar-refractivity contribution in [1.82, 2.24) is 10.3 Å². The second-order valence-corrected chi connectivity index (χ2v) is 14.5. The van der Waals surface area contributed by atoms with Crippen LogP contribution in [0.4, 0.5) is 17.1 Å². The monoisotopic (exact) mass is 675 g/mol. The van der Waals surface area contributed by atoms with Gasteiger partial charge in [-0.3, -0.25) is 29.4 Å². The fourth-order valence-electron chi connectivity index (χ4n) is 5.70. The number of anilines is 1. The number of amides is 3. The minimum absolute atomic E-state index is 0.122. The van der Waals surface area contributed by atoms with Crippen molar-refractivity contribution in [2.45, 2.75) is 34.9 Å². The number of amidine groups is 1. The minimum atomic E-state index is -0.463. The number of imide groups is 1. The zero-order valence-electron chi connectivity index (χ0n) is 23.3. The Balaban J connectivity index is 1.11. The van der Waals surface area contributed by atoms with Crippen LogP contribution in [0.1, 0.15) is 31.2 Å². The molecule has 3 aliphatic rings. The summed E-state index contributed by atoms with van der Waals surface area (Å²) in [5.74, 6) is -1.08. The van der Waals surface area contributed by atoms with Gasteiger partial charge in [0, 0.05) is 11.1 Å². The number of rotatable bonds is 6. The Hall–Kier alpha value is -4.04. The van der Waals surface area contributed by atoms with Crippen LogP contribution in [-0.2, 0) is 14.4 Å². The summed E-state index contributed by atoms with van der Waals surface area (Å²) >= 11 is 9.56. The van der Waals surface area contributed by atoms with Crippen LogP contribution in [-0.4, -0.2) is 32.8 Å². The highest BCUT2D eigenvalue weighted by molar-refractivity contribution is 8.18. The number of nitrogens with zero attached hydrogens (tertiary/aromatic N) is 4. The average Bonchev–Trinajstić information content (AvgIpc) is 3.67. The first-order chi connectivity index (χ1) is 21.7. The van der Waals surface area contributed by atoms with Crippen molar-refractivity contribution in [1.29, 1.82) is 0 Å². The Morgan fingerprint density at radius 1 is 1.02 bits per heavy atom. The zero-order valence-corrected chi connectivity index (χ0v) is 26.5. The third kappa shape index (κ3) is 5.88. The number of nitro groups is 1. The Morgan fingerprint density at radius 3 is 2.47 bits per heavy atom. The van der Waals surface area contributed by atoms with Crippen LogP contribution in [0.15, 0.2) is 79.8 Å². The van der Waals surface area contributed by atoms with Crippen molar-refractivity contribution in [2.75, 3.05) is 4.90 Å². The molecule has 3 amide bonds. The molecule has 1 aliphatic carbocycles. The van der Waals surface area contributed by atoms with Gasteiger partial charge in [-0.1, -0.05) is 42.3 Å². The molecule has 3 aromatic carbocycles. The molecule has 1 N–H and O–H groups in total. The molecule has 226 valence electrons. The second-order valence-electron chi connectivity index (χ2n) is 10.7. The fourth-order valence-corrected chi connectivity index (χ4v) is 8.81. The van der Waals surface area contributed by atoms with Crippen LogP contribution in [0.2, 0.25) is 5.02 Å². The topological polar surface area (TPSA) is 135 Å². The second kappa shape index (κ2) is 12.0. The fraction of sp³-hybridized carbons (Fsp3) is 0.194. The molecule has 0 radical (unpaired) electrons. The van der Waals surface area contributed by atoms with E-state index in [0.717, 1.165) is 53.9 Å². The number of thioether (sulfide) groups is 1. The third-order valence-electron chi connectivity index (χ3n) is 7.83. The van der Waals surface area contributed by atoms with Gasteiger partial charge in [-0.2, -0.15) is 0 Å². The van der Waals surface area contributed by atoms with Crippen molar-refractivity contribution in [3.63, 3.8) is 0 Å². The summed E-state index contributed by atoms with van der Waals surface area (Å²) in [7, 11) is 0. The number of hydrogen-bond acceptors (Lipinski definition) is 10. The third-order valence-corrected chi connectivity index (χ3v) is 11.1. The smallest absolute Gasteiger partial charge is 0.283 e. The number of fused-ring (bicyclic) bond motifs is 2. The maximum atomic E-state index is 13.1. The summed E-state index contributed by atoms with van der Waals surface area (Å²) in [4.78, 5) is 61.4. The number of nitrogens with one attached hydrogen (secondary N) is 1. The van der Waals surface area contributed by atoms with Gasteiger partial charge in [0.15, 0.2) is 9.51 Å². The van der Waals surface area contributed by atoms with E-state index in [1.54, 1.807) is 60.7 Å². The molecule has 0 spiro atoms. The van der Waals surface area contributed by atoms with E-state index < -0.39 is 4.92 Å². The van der Waals surface area contributed by atoms with E-state index in [0.29, 0.717) is 46.8 Å². The summed E-state index contributed by atoms with van der Waals surface area (Å²) < 4.78 is 1.35. The van der Waals surface area contributed by atoms with E-state index in [9.17, 15) is 24.5 Å². The highest BCUT2D eigenvalue weighted by Gasteiger charge is 2.48. The number of benzene rings is 3. The van der Waals surface area contributed by atoms with Crippen LogP contribution in [0.3, 0.4) is 0 Å². The van der Waals surface area contributed by atoms with Crippen LogP contribution in [0.25, 0.3) is 16.3 Å². The number of nitro benzene ring substituents is 1. The number of carbonyl (C=O) groups is 3. The van der Waals surface area contributed by atoms with Gasteiger partial charge in [0.25, 0.3) is 11.6 Å². The molecule has 1 saturated carbocycles. The Morgan fingerprint density at radius 2 is 1.76 bits per heavy atom. The maximum Gasteiger partial charge on any atom is 0.283 e. The number of aliphatic imine (C=N–C) groups is 1. The number of hydrogen-bond donors (Lipinski definition) is 1. The van der Waals surface area contributed by atoms with Gasteiger partial charge >= 0.3 is 0 Å². The van der Waals surface area contributed by atoms with E-state index in [-0.39, 0.29) is 35.2 Å². The number of thiazole rings is 1. The molecule has 2 saturated heterocycles. The summed E-state index contributed by atoms with van der Waals surface area (Å²) in [6.45, 7) is 0. The van der Waals surface area contributed by atoms with Gasteiger partial charge in [0.2, 0.25) is 11.8 Å². The highest BCUT2D eigenvalue weighted by Crippen LogP contribution is 2.43. The quantitative estimate of drug-likeness (QED) is 0.0956. The Bertz CT molecular complexity index is 1950. The first-order valence-corrected chi connectivity index (χ1v) is 16.9. The van der Waals surface area contributed by atoms with E-state index in [1.807, 2.05) is 0 Å². The van der Waals surface area contributed by atoms with E-state index in [4.69, 9.17) is 11.6 Å². The SMILES string of the molecule is O=C1NC(=Nc2ccc(Cl)cc2)S/C1=C\c1ccc(Sc2nc3ccc(N4C(=O)[C@@H]5CCCC[C@H]5C4=O)cc3s2)c([N+](=O)[O-])c1. The molecule has 2 aliphatic heterocycles. The first kappa shape index (κ1) is 29.7. The van der Waals surface area contributed by atoms with Crippen molar-refractivity contribution in [2.24, 2.45) is 16.8 Å². The van der Waals surface area contributed by atoms with Crippen molar-refractivity contribution < 1.29 is 19.3 Å². The summed E-state index contributed by atoms with van der Waals surface area (Å²) in [5, 5.41) is 15.7. The van der Waals surface area contributed by atoms with Crippen molar-refractivity contribution in [3.05, 3.63) is 86.3 Å². The van der Waals surface area contributed by atoms with Gasteiger partial charge in [-0.25, -0.2) is 9.98 Å². The van der Waals surface area contributed by atoms with Gasteiger partial charge in [0.1, 0.15) is 0 Å². The Labute approximate surface area is 274 Å². The molecule has 2 atom stereocenters. The molecule has 4 aromatic rings. The minimum Gasteiger partial charge on any atom is -0.300 e. The maximum absolute atomic E-state index is 13.1. The van der Waals surface area contributed by atoms with E-state index >= 15 is 0 Å². The van der Waals surface area contributed by atoms with Gasteiger partial charge in [0.05, 0.1) is 48.2 Å². The zero-order chi connectivity index (χ0) is 31.2. The summed E-state index contributed by atoms with van der Waals surface area (Å²) in [6, 6.07) is 16.9. The molecular formula is C31H22ClN5O5S3. The average molecular weight is 676 g/mol. The molecule has 1 aromatic heterocycles. The largest absolute Gasteiger partial charge is 0.300 e. The van der Waals surface area contributed by atoms with Crippen molar-refractivity contribution in [3.8, 4) is 0 Å². The normalized spacial score (nSPS) is 21.6. The number of carbonyl (C=O) groups excluding carboxylic acids is 3. The van der Waals surface area contributed by atoms with Crippen LogP contribution < -0.4 is 10.2 Å². The molecule has 7 rings (SSSR count). The molecule has 45 heavy (non-hydrogen) atoms. The lowest BCUT2D eigenvalue weighted by atomic mass is 9.81. The standard InChI is InChI=1S/C31H22ClN5O5S3/c32-17-6-8-18(9-7-17)33-30-35-27(38)26(43-30)14-16-5-12-24(23(13-16)37(41)42)44-31-34-22-11-10-19(15-25(22)45-31)36-28(39)20-3-1-2-4-21(20)29(36)40/h5-15,20-21H,1-4H2,(H,33,35,38)/b26-14-/t20-,21-/m1/s1. The Kier molecular flexibility index (Phi) is 7.94. The molecule has 14 heteroatoms. The summed E-state index contributed by atoms with van der Waals surface area (Å²) in [5.41, 5.74) is 2.20. The predicted octanol–water partition coefficient (Wildman–Crippen LogP) is 7.58.